The van der Waals surface area contributed by atoms with Gasteiger partial charge in [0, 0.05) is 13.0 Å². The number of nitrogens with one attached hydrogen (secondary N) is 1. The first-order valence-corrected chi connectivity index (χ1v) is 3.74. The molecule has 4 nitrogen and oxygen atoms in total. The molecule has 0 amide bonds. The van der Waals surface area contributed by atoms with E-state index in [0.29, 0.717) is 5.69 Å². The van der Waals surface area contributed by atoms with E-state index in [1.54, 1.807) is 0 Å². The second-order valence-electron chi connectivity index (χ2n) is 2.62. The van der Waals surface area contributed by atoms with Crippen molar-refractivity contribution in [3.8, 4) is 0 Å². The van der Waals surface area contributed by atoms with Gasteiger partial charge in [-0.1, -0.05) is 5.16 Å². The van der Waals surface area contributed by atoms with Gasteiger partial charge in [-0.15, -0.1) is 0 Å². The Bertz CT molecular complexity index is 243. The van der Waals surface area contributed by atoms with Gasteiger partial charge in [0.2, 0.25) is 0 Å². The number of nitrogens with zero attached hydrogens (tertiary/aromatic N) is 1. The topological polar surface area (TPSA) is 58.3 Å². The van der Waals surface area contributed by atoms with Crippen molar-refractivity contribution in [1.29, 1.82) is 0 Å². The van der Waals surface area contributed by atoms with Crippen LogP contribution < -0.4 is 5.32 Å². The Morgan fingerprint density at radius 1 is 1.64 bits per heavy atom. The first-order chi connectivity index (χ1) is 5.42. The van der Waals surface area contributed by atoms with Gasteiger partial charge in [-0.3, -0.25) is 0 Å². The van der Waals surface area contributed by atoms with E-state index in [2.05, 4.69) is 10.5 Å². The molecular formula is C7H10N2O2. The van der Waals surface area contributed by atoms with E-state index >= 15 is 0 Å². The highest BCUT2D eigenvalue weighted by Crippen LogP contribution is 2.25. The van der Waals surface area contributed by atoms with Crippen LogP contribution in [0.25, 0.3) is 0 Å². The summed E-state index contributed by atoms with van der Waals surface area (Å²) >= 11 is 0. The minimum atomic E-state index is -0.0498. The molecule has 1 aromatic heterocycles. The zero-order valence-corrected chi connectivity index (χ0v) is 6.13. The van der Waals surface area contributed by atoms with Crippen molar-refractivity contribution in [2.75, 3.05) is 11.9 Å². The molecule has 0 unspecified atom stereocenters. The van der Waals surface area contributed by atoms with Gasteiger partial charge in [-0.2, -0.15) is 0 Å². The molecule has 0 saturated carbocycles. The summed E-state index contributed by atoms with van der Waals surface area (Å²) in [4.78, 5) is 0. The van der Waals surface area contributed by atoms with Crippen molar-refractivity contribution in [2.45, 2.75) is 19.4 Å². The van der Waals surface area contributed by atoms with Crippen molar-refractivity contribution >= 4 is 5.69 Å². The fourth-order valence-electron chi connectivity index (χ4n) is 1.30. The smallest absolute Gasteiger partial charge is 0.160 e. The largest absolute Gasteiger partial charge is 0.390 e. The Morgan fingerprint density at radius 2 is 2.55 bits per heavy atom. The highest BCUT2D eigenvalue weighted by Gasteiger charge is 2.17. The third-order valence-electron chi connectivity index (χ3n) is 1.87. The van der Waals surface area contributed by atoms with E-state index < -0.39 is 0 Å². The summed E-state index contributed by atoms with van der Waals surface area (Å²) in [6, 6.07) is 0. The number of hydrogen-bond donors (Lipinski definition) is 2. The summed E-state index contributed by atoms with van der Waals surface area (Å²) in [6.45, 7) is 0.896. The monoisotopic (exact) mass is 154 g/mol. The first-order valence-electron chi connectivity index (χ1n) is 3.74. The number of fused-ring (bicyclic) bond motifs is 1. The van der Waals surface area contributed by atoms with E-state index in [1.807, 2.05) is 0 Å². The molecule has 0 spiro atoms. The Balaban J connectivity index is 2.38. The van der Waals surface area contributed by atoms with Gasteiger partial charge in [0.1, 0.15) is 11.4 Å². The lowest BCUT2D eigenvalue weighted by Gasteiger charge is -2.11. The van der Waals surface area contributed by atoms with Gasteiger partial charge in [0.05, 0.1) is 6.61 Å². The number of rotatable bonds is 1. The minimum Gasteiger partial charge on any atom is -0.390 e. The maximum absolute atomic E-state index is 8.82. The van der Waals surface area contributed by atoms with Crippen LogP contribution >= 0.6 is 0 Å². The van der Waals surface area contributed by atoms with E-state index in [1.165, 1.54) is 0 Å². The normalized spacial score (nSPS) is 15.7. The molecule has 0 radical (unpaired) electrons. The van der Waals surface area contributed by atoms with E-state index in [0.717, 1.165) is 30.8 Å². The molecule has 0 aliphatic carbocycles. The van der Waals surface area contributed by atoms with Gasteiger partial charge in [-0.05, 0) is 6.42 Å². The van der Waals surface area contributed by atoms with Crippen LogP contribution in [0.4, 0.5) is 5.69 Å². The maximum Gasteiger partial charge on any atom is 0.160 e. The molecule has 1 aliphatic heterocycles. The fourth-order valence-corrected chi connectivity index (χ4v) is 1.30. The summed E-state index contributed by atoms with van der Waals surface area (Å²) in [6.07, 6.45) is 2.00. The standard InChI is InChI=1S/C7H10N2O2/c10-4-5-7-6(11-9-5)2-1-3-8-7/h8,10H,1-4H2. The molecule has 4 heteroatoms. The Morgan fingerprint density at radius 3 is 3.36 bits per heavy atom. The molecule has 2 heterocycles. The molecule has 1 aliphatic rings. The van der Waals surface area contributed by atoms with Crippen molar-refractivity contribution in [3.63, 3.8) is 0 Å². The molecule has 0 saturated heterocycles. The van der Waals surface area contributed by atoms with E-state index in [4.69, 9.17) is 9.63 Å². The molecule has 0 atom stereocenters. The predicted molar refractivity (Wildman–Crippen MR) is 39.2 cm³/mol. The minimum absolute atomic E-state index is 0.0498. The average Bonchev–Trinajstić information content (AvgIpc) is 2.47. The van der Waals surface area contributed by atoms with Gasteiger partial charge in [0.25, 0.3) is 0 Å². The van der Waals surface area contributed by atoms with Gasteiger partial charge in [-0.25, -0.2) is 0 Å². The number of aliphatic hydroxyl groups excluding tert-OH is 1. The fraction of sp³-hybridized carbons (Fsp3) is 0.571. The lowest BCUT2D eigenvalue weighted by Crippen LogP contribution is -2.11. The molecule has 1 aromatic rings. The SMILES string of the molecule is OCc1noc2c1NCCC2. The number of aryl methyl sites for hydroxylation is 1. The van der Waals surface area contributed by atoms with Crippen LogP contribution in [0, 0.1) is 0 Å². The number of anilines is 1. The van der Waals surface area contributed by atoms with Crippen LogP contribution in [-0.2, 0) is 13.0 Å². The second kappa shape index (κ2) is 2.54. The number of aliphatic hydroxyl groups is 1. The summed E-state index contributed by atoms with van der Waals surface area (Å²) in [7, 11) is 0. The molecule has 0 bridgehead atoms. The van der Waals surface area contributed by atoms with E-state index in [9.17, 15) is 0 Å². The molecule has 0 aromatic carbocycles. The summed E-state index contributed by atoms with van der Waals surface area (Å²) < 4.78 is 5.01. The van der Waals surface area contributed by atoms with Crippen LogP contribution in [0.15, 0.2) is 4.52 Å². The second-order valence-corrected chi connectivity index (χ2v) is 2.62. The van der Waals surface area contributed by atoms with Crippen molar-refractivity contribution in [3.05, 3.63) is 11.5 Å². The van der Waals surface area contributed by atoms with E-state index in [-0.39, 0.29) is 6.61 Å². The maximum atomic E-state index is 8.82. The number of hydrogen-bond acceptors (Lipinski definition) is 4. The van der Waals surface area contributed by atoms with Gasteiger partial charge >= 0.3 is 0 Å². The molecule has 0 fully saturated rings. The molecule has 2 rings (SSSR count). The molecule has 11 heavy (non-hydrogen) atoms. The van der Waals surface area contributed by atoms with Crippen molar-refractivity contribution < 1.29 is 9.63 Å². The van der Waals surface area contributed by atoms with Crippen LogP contribution in [0.2, 0.25) is 0 Å². The van der Waals surface area contributed by atoms with Crippen molar-refractivity contribution in [2.24, 2.45) is 0 Å². The lowest BCUT2D eigenvalue weighted by molar-refractivity contribution is 0.265. The van der Waals surface area contributed by atoms with Gasteiger partial charge < -0.3 is 14.9 Å². The first kappa shape index (κ1) is 6.67. The third-order valence-corrected chi connectivity index (χ3v) is 1.87. The lowest BCUT2D eigenvalue weighted by atomic mass is 10.1. The molecule has 60 valence electrons. The Kier molecular flexibility index (Phi) is 1.54. The Labute approximate surface area is 64.2 Å². The molecule has 2 N–H and O–H groups in total. The third kappa shape index (κ3) is 0.991. The van der Waals surface area contributed by atoms with Gasteiger partial charge in [0.15, 0.2) is 5.76 Å². The summed E-state index contributed by atoms with van der Waals surface area (Å²) in [5.41, 5.74) is 1.53. The average molecular weight is 154 g/mol. The zero-order chi connectivity index (χ0) is 7.68. The van der Waals surface area contributed by atoms with Crippen LogP contribution in [0.5, 0.6) is 0 Å². The van der Waals surface area contributed by atoms with Crippen LogP contribution in [-0.4, -0.2) is 16.8 Å². The molecular weight excluding hydrogens is 144 g/mol. The number of aromatic nitrogens is 1. The summed E-state index contributed by atoms with van der Waals surface area (Å²) in [5, 5.41) is 15.7. The highest BCUT2D eigenvalue weighted by molar-refractivity contribution is 5.52. The summed E-state index contributed by atoms with van der Waals surface area (Å²) in [5.74, 6) is 0.875. The quantitative estimate of drug-likeness (QED) is 0.619. The van der Waals surface area contributed by atoms with Crippen LogP contribution in [0.1, 0.15) is 17.9 Å². The van der Waals surface area contributed by atoms with Crippen LogP contribution in [0.3, 0.4) is 0 Å². The highest BCUT2D eigenvalue weighted by atomic mass is 16.5. The zero-order valence-electron chi connectivity index (χ0n) is 6.13. The Hall–Kier alpha value is -1.03. The predicted octanol–water partition coefficient (Wildman–Crippen LogP) is 0.525. The van der Waals surface area contributed by atoms with Crippen molar-refractivity contribution in [1.82, 2.24) is 5.16 Å².